The first-order valence-electron chi connectivity index (χ1n) is 13.7. The average Bonchev–Trinajstić information content (AvgIpc) is 3.58. The van der Waals surface area contributed by atoms with Crippen molar-refractivity contribution in [3.63, 3.8) is 0 Å². The predicted molar refractivity (Wildman–Crippen MR) is 155 cm³/mol. The molecule has 2 atom stereocenters. The zero-order chi connectivity index (χ0) is 28.8. The minimum absolute atomic E-state index is 0.112. The molecular formula is C30H37N5O4S. The second-order valence-electron chi connectivity index (χ2n) is 11.8. The van der Waals surface area contributed by atoms with Crippen LogP contribution in [0, 0.1) is 13.8 Å². The zero-order valence-corrected chi connectivity index (χ0v) is 24.8. The van der Waals surface area contributed by atoms with Gasteiger partial charge in [0.2, 0.25) is 5.91 Å². The van der Waals surface area contributed by atoms with Crippen LogP contribution in [0.25, 0.3) is 0 Å². The molecule has 0 saturated carbocycles. The molecule has 5 rings (SSSR count). The van der Waals surface area contributed by atoms with Gasteiger partial charge in [-0.3, -0.25) is 19.1 Å². The largest absolute Gasteiger partial charge is 0.444 e. The van der Waals surface area contributed by atoms with Crippen LogP contribution in [0.4, 0.5) is 10.6 Å². The predicted octanol–water partition coefficient (Wildman–Crippen LogP) is 5.15. The topological polar surface area (TPSA) is 106 Å². The Morgan fingerprint density at radius 3 is 2.70 bits per heavy atom. The molecule has 1 aromatic carbocycles. The molecule has 3 aromatic rings. The fraction of sp³-hybridized carbons (Fsp3) is 0.467. The van der Waals surface area contributed by atoms with Crippen LogP contribution in [0.2, 0.25) is 0 Å². The van der Waals surface area contributed by atoms with Crippen molar-refractivity contribution in [3.8, 4) is 0 Å². The number of fused-ring (bicyclic) bond motifs is 2. The molecule has 40 heavy (non-hydrogen) atoms. The first-order valence-corrected chi connectivity index (χ1v) is 14.5. The number of nitrogens with zero attached hydrogens (tertiary/aromatic N) is 3. The van der Waals surface area contributed by atoms with Gasteiger partial charge in [0.25, 0.3) is 5.56 Å². The van der Waals surface area contributed by atoms with Crippen molar-refractivity contribution in [1.82, 2.24) is 19.8 Å². The van der Waals surface area contributed by atoms with Gasteiger partial charge in [-0.1, -0.05) is 23.8 Å². The Hall–Kier alpha value is -3.66. The van der Waals surface area contributed by atoms with Gasteiger partial charge in [0, 0.05) is 21.6 Å². The summed E-state index contributed by atoms with van der Waals surface area (Å²) in [6.45, 7) is 13.1. The van der Waals surface area contributed by atoms with Crippen molar-refractivity contribution in [1.29, 1.82) is 0 Å². The van der Waals surface area contributed by atoms with E-state index >= 15 is 0 Å². The lowest BCUT2D eigenvalue weighted by molar-refractivity contribution is -0.124. The molecule has 0 saturated heterocycles. The van der Waals surface area contributed by atoms with Gasteiger partial charge in [-0.2, -0.15) is 0 Å². The molecule has 2 amide bonds. The maximum Gasteiger partial charge on any atom is 0.410 e. The summed E-state index contributed by atoms with van der Waals surface area (Å²) in [6, 6.07) is 7.62. The number of ether oxygens (including phenoxy) is 1. The van der Waals surface area contributed by atoms with E-state index in [-0.39, 0.29) is 29.4 Å². The number of thiophene rings is 1. The molecule has 2 unspecified atom stereocenters. The van der Waals surface area contributed by atoms with Crippen molar-refractivity contribution in [3.05, 3.63) is 78.5 Å². The minimum atomic E-state index is -0.573. The van der Waals surface area contributed by atoms with E-state index in [0.717, 1.165) is 37.7 Å². The van der Waals surface area contributed by atoms with Crippen LogP contribution in [0.3, 0.4) is 0 Å². The molecule has 4 heterocycles. The van der Waals surface area contributed by atoms with E-state index < -0.39 is 11.6 Å². The number of carbonyl (C=O) groups excluding carboxylic acids is 2. The first-order chi connectivity index (χ1) is 18.9. The van der Waals surface area contributed by atoms with Crippen molar-refractivity contribution < 1.29 is 14.3 Å². The molecule has 2 aliphatic rings. The Balaban J connectivity index is 1.23. The number of benzene rings is 1. The monoisotopic (exact) mass is 563 g/mol. The molecule has 2 aliphatic heterocycles. The first kappa shape index (κ1) is 27.9. The van der Waals surface area contributed by atoms with Crippen molar-refractivity contribution >= 4 is 29.2 Å². The maximum absolute atomic E-state index is 13.5. The third-order valence-electron chi connectivity index (χ3n) is 7.35. The van der Waals surface area contributed by atoms with Crippen molar-refractivity contribution in [2.24, 2.45) is 0 Å². The van der Waals surface area contributed by atoms with E-state index in [9.17, 15) is 14.4 Å². The summed E-state index contributed by atoms with van der Waals surface area (Å²) < 4.78 is 7.08. The lowest BCUT2D eigenvalue weighted by atomic mass is 10.00. The summed E-state index contributed by atoms with van der Waals surface area (Å²) >= 11 is 1.59. The van der Waals surface area contributed by atoms with Crippen molar-refractivity contribution in [2.45, 2.75) is 91.7 Å². The summed E-state index contributed by atoms with van der Waals surface area (Å²) in [4.78, 5) is 47.3. The van der Waals surface area contributed by atoms with Gasteiger partial charge in [-0.25, -0.2) is 9.78 Å². The number of aryl methyl sites for hydroxylation is 3. The number of hydrogen-bond acceptors (Lipinski definition) is 7. The SMILES string of the molecule is Cc1ccc(C)c(C(C)Nc2ncc3n(c2=O)C(C(=O)NCc2cc4c(s2)CN(C(=O)OC(C)(C)C)C4)CC3)c1. The standard InChI is InChI=1S/C30H37N5O4S/c1-17-7-8-18(2)23(11-17)19(3)33-26-28(37)35-21(13-31-26)9-10-24(35)27(36)32-14-22-12-20-15-34(16-25(20)40-22)29(38)39-30(4,5)6/h7-8,11-13,19,24H,9-10,14-16H2,1-6H3,(H,31,33)(H,32,36). The quantitative estimate of drug-likeness (QED) is 0.430. The third kappa shape index (κ3) is 5.77. The number of aromatic nitrogens is 2. The molecule has 2 aromatic heterocycles. The molecule has 0 bridgehead atoms. The fourth-order valence-electron chi connectivity index (χ4n) is 5.36. The smallest absolute Gasteiger partial charge is 0.410 e. The van der Waals surface area contributed by atoms with E-state index in [2.05, 4.69) is 40.7 Å². The lowest BCUT2D eigenvalue weighted by Crippen LogP contribution is -2.36. The van der Waals surface area contributed by atoms with Crippen LogP contribution in [0.15, 0.2) is 35.3 Å². The van der Waals surface area contributed by atoms with Gasteiger partial charge < -0.3 is 15.4 Å². The van der Waals surface area contributed by atoms with Gasteiger partial charge in [-0.05, 0) is 77.1 Å². The van der Waals surface area contributed by atoms with E-state index in [1.54, 1.807) is 27.0 Å². The molecule has 212 valence electrons. The number of hydrogen-bond donors (Lipinski definition) is 2. The maximum atomic E-state index is 13.5. The zero-order valence-electron chi connectivity index (χ0n) is 24.0. The minimum Gasteiger partial charge on any atom is -0.444 e. The van der Waals surface area contributed by atoms with Gasteiger partial charge >= 0.3 is 6.09 Å². The van der Waals surface area contributed by atoms with Crippen LogP contribution in [0.5, 0.6) is 0 Å². The van der Waals surface area contributed by atoms with Crippen LogP contribution >= 0.6 is 11.3 Å². The van der Waals surface area contributed by atoms with E-state index in [1.165, 1.54) is 0 Å². The summed E-state index contributed by atoms with van der Waals surface area (Å²) in [5.41, 5.74) is 4.45. The summed E-state index contributed by atoms with van der Waals surface area (Å²) in [5, 5.41) is 6.30. The summed E-state index contributed by atoms with van der Waals surface area (Å²) in [6.07, 6.45) is 2.57. The molecule has 9 nitrogen and oxygen atoms in total. The molecule has 0 fully saturated rings. The summed E-state index contributed by atoms with van der Waals surface area (Å²) in [7, 11) is 0. The van der Waals surface area contributed by atoms with Crippen LogP contribution < -0.4 is 16.2 Å². The number of amides is 2. The Bertz CT molecular complexity index is 1500. The average molecular weight is 564 g/mol. The number of carbonyl (C=O) groups is 2. The molecule has 0 spiro atoms. The third-order valence-corrected chi connectivity index (χ3v) is 8.51. The van der Waals surface area contributed by atoms with Crippen LogP contribution in [-0.4, -0.2) is 32.1 Å². The van der Waals surface area contributed by atoms with Crippen LogP contribution in [0.1, 0.15) is 83.9 Å². The molecule has 10 heteroatoms. The Kier molecular flexibility index (Phi) is 7.48. The number of rotatable bonds is 6. The van der Waals surface area contributed by atoms with E-state index in [4.69, 9.17) is 4.74 Å². The molecule has 0 radical (unpaired) electrons. The highest BCUT2D eigenvalue weighted by Crippen LogP contribution is 2.32. The van der Waals surface area contributed by atoms with Gasteiger partial charge in [0.1, 0.15) is 11.6 Å². The van der Waals surface area contributed by atoms with Crippen LogP contribution in [-0.2, 0) is 35.6 Å². The molecule has 2 N–H and O–H groups in total. The number of anilines is 1. The van der Waals surface area contributed by atoms with Crippen molar-refractivity contribution in [2.75, 3.05) is 5.32 Å². The Morgan fingerprint density at radius 2 is 1.98 bits per heavy atom. The molecule has 0 aliphatic carbocycles. The second kappa shape index (κ2) is 10.7. The van der Waals surface area contributed by atoms with E-state index in [1.807, 2.05) is 40.7 Å². The second-order valence-corrected chi connectivity index (χ2v) is 13.0. The normalized spacial score (nSPS) is 16.9. The Morgan fingerprint density at radius 1 is 1.20 bits per heavy atom. The van der Waals surface area contributed by atoms with E-state index in [0.29, 0.717) is 32.5 Å². The van der Waals surface area contributed by atoms with Gasteiger partial charge in [-0.15, -0.1) is 11.3 Å². The Labute approximate surface area is 238 Å². The highest BCUT2D eigenvalue weighted by Gasteiger charge is 2.32. The summed E-state index contributed by atoms with van der Waals surface area (Å²) in [5.74, 6) is 0.0746. The highest BCUT2D eigenvalue weighted by molar-refractivity contribution is 7.12. The highest BCUT2D eigenvalue weighted by atomic mass is 32.1. The van der Waals surface area contributed by atoms with Gasteiger partial charge in [0.05, 0.1) is 25.7 Å². The molecular weight excluding hydrogens is 526 g/mol. The lowest BCUT2D eigenvalue weighted by Gasteiger charge is -2.24. The number of nitrogens with one attached hydrogen (secondary N) is 2. The van der Waals surface area contributed by atoms with Gasteiger partial charge in [0.15, 0.2) is 5.82 Å². The fourth-order valence-corrected chi connectivity index (χ4v) is 6.50.